The van der Waals surface area contributed by atoms with E-state index >= 15 is 0 Å². The summed E-state index contributed by atoms with van der Waals surface area (Å²) in [7, 11) is 0. The Morgan fingerprint density at radius 3 is 2.60 bits per heavy atom. The molecule has 0 amide bonds. The molecule has 0 aromatic carbocycles. The summed E-state index contributed by atoms with van der Waals surface area (Å²) >= 11 is 0. The quantitative estimate of drug-likeness (QED) is 0.519. The maximum absolute atomic E-state index is 8.66. The largest absolute Gasteiger partial charge is 0.396 e. The zero-order valence-corrected chi connectivity index (χ0v) is 9.70. The van der Waals surface area contributed by atoms with E-state index in [2.05, 4.69) is 24.3 Å². The zero-order valence-electron chi connectivity index (χ0n) is 9.70. The van der Waals surface area contributed by atoms with Crippen molar-refractivity contribution in [1.29, 1.82) is 0 Å². The second-order valence-corrected chi connectivity index (χ2v) is 4.40. The molecule has 0 aliphatic heterocycles. The summed E-state index contributed by atoms with van der Waals surface area (Å²) in [6, 6.07) is 0. The van der Waals surface area contributed by atoms with Gasteiger partial charge in [-0.3, -0.25) is 0 Å². The summed E-state index contributed by atoms with van der Waals surface area (Å²) in [5.41, 5.74) is 0. The van der Waals surface area contributed by atoms with Crippen LogP contribution in [0, 0.1) is 5.92 Å². The van der Waals surface area contributed by atoms with E-state index < -0.39 is 0 Å². The number of aliphatic hydroxyl groups excluding tert-OH is 1. The molecule has 15 heavy (non-hydrogen) atoms. The van der Waals surface area contributed by atoms with E-state index in [1.807, 2.05) is 0 Å². The molecular weight excluding hydrogens is 184 g/mol. The van der Waals surface area contributed by atoms with Crippen LogP contribution in [0.25, 0.3) is 0 Å². The van der Waals surface area contributed by atoms with Crippen LogP contribution in [-0.4, -0.2) is 11.7 Å². The molecule has 0 saturated carbocycles. The summed E-state index contributed by atoms with van der Waals surface area (Å²) in [6.07, 6.45) is 19.1. The Morgan fingerprint density at radius 1 is 0.933 bits per heavy atom. The lowest BCUT2D eigenvalue weighted by Gasteiger charge is -2.11. The van der Waals surface area contributed by atoms with Crippen molar-refractivity contribution >= 4 is 0 Å². The Labute approximate surface area is 93.9 Å². The van der Waals surface area contributed by atoms with Gasteiger partial charge in [-0.05, 0) is 38.0 Å². The normalized spacial score (nSPS) is 25.5. The molecular formula is C14H24O. The summed E-state index contributed by atoms with van der Waals surface area (Å²) in [6.45, 7) is 0.353. The molecule has 0 saturated heterocycles. The van der Waals surface area contributed by atoms with Crippen LogP contribution in [0.3, 0.4) is 0 Å². The van der Waals surface area contributed by atoms with Crippen molar-refractivity contribution in [1.82, 2.24) is 0 Å². The van der Waals surface area contributed by atoms with Crippen LogP contribution in [0.15, 0.2) is 24.3 Å². The Hall–Kier alpha value is -0.560. The third-order valence-corrected chi connectivity index (χ3v) is 3.00. The maximum atomic E-state index is 8.66. The van der Waals surface area contributed by atoms with Gasteiger partial charge in [-0.1, -0.05) is 43.6 Å². The van der Waals surface area contributed by atoms with Crippen molar-refractivity contribution < 1.29 is 5.11 Å². The molecule has 1 nitrogen and oxygen atoms in total. The van der Waals surface area contributed by atoms with Crippen molar-refractivity contribution in [2.45, 2.75) is 51.4 Å². The molecule has 0 aromatic rings. The first-order chi connectivity index (χ1) is 7.43. The summed E-state index contributed by atoms with van der Waals surface area (Å²) < 4.78 is 0. The lowest BCUT2D eigenvalue weighted by molar-refractivity contribution is 0.282. The lowest BCUT2D eigenvalue weighted by Crippen LogP contribution is -1.96. The van der Waals surface area contributed by atoms with Gasteiger partial charge in [0.05, 0.1) is 0 Å². The van der Waals surface area contributed by atoms with Crippen molar-refractivity contribution in [2.24, 2.45) is 5.92 Å². The zero-order chi connectivity index (χ0) is 10.8. The summed E-state index contributed by atoms with van der Waals surface area (Å²) in [5.74, 6) is 0.760. The molecule has 1 atom stereocenters. The molecule has 0 radical (unpaired) electrons. The first-order valence-electron chi connectivity index (χ1n) is 6.36. The van der Waals surface area contributed by atoms with Crippen LogP contribution in [0.1, 0.15) is 51.4 Å². The van der Waals surface area contributed by atoms with Crippen molar-refractivity contribution in [2.75, 3.05) is 6.61 Å². The number of hydrogen-bond donors (Lipinski definition) is 1. The molecule has 0 aromatic heterocycles. The molecule has 1 N–H and O–H groups in total. The van der Waals surface area contributed by atoms with Crippen molar-refractivity contribution in [3.63, 3.8) is 0 Å². The highest BCUT2D eigenvalue weighted by molar-refractivity contribution is 4.98. The Kier molecular flexibility index (Phi) is 7.28. The van der Waals surface area contributed by atoms with Gasteiger partial charge >= 0.3 is 0 Å². The summed E-state index contributed by atoms with van der Waals surface area (Å²) in [5, 5.41) is 8.66. The fraction of sp³-hybridized carbons (Fsp3) is 0.714. The van der Waals surface area contributed by atoms with E-state index in [1.165, 1.54) is 44.9 Å². The molecule has 1 aliphatic carbocycles. The SMILES string of the molecule is OCCCCCCC1/C=C\CC/C=C\C1. The van der Waals surface area contributed by atoms with Gasteiger partial charge in [0, 0.05) is 6.61 Å². The first-order valence-corrected chi connectivity index (χ1v) is 6.36. The van der Waals surface area contributed by atoms with Crippen LogP contribution >= 0.6 is 0 Å². The lowest BCUT2D eigenvalue weighted by atomic mass is 9.95. The highest BCUT2D eigenvalue weighted by Gasteiger charge is 2.03. The highest BCUT2D eigenvalue weighted by atomic mass is 16.2. The van der Waals surface area contributed by atoms with Crippen molar-refractivity contribution in [3.8, 4) is 0 Å². The van der Waals surface area contributed by atoms with Gasteiger partial charge in [0.15, 0.2) is 0 Å². The molecule has 1 aliphatic rings. The van der Waals surface area contributed by atoms with E-state index in [4.69, 9.17) is 5.11 Å². The molecule has 86 valence electrons. The van der Waals surface area contributed by atoms with Crippen LogP contribution in [0.5, 0.6) is 0 Å². The predicted molar refractivity (Wildman–Crippen MR) is 65.8 cm³/mol. The molecule has 0 bridgehead atoms. The number of allylic oxidation sites excluding steroid dienone is 4. The monoisotopic (exact) mass is 208 g/mol. The van der Waals surface area contributed by atoms with E-state index in [-0.39, 0.29) is 0 Å². The number of aliphatic hydroxyl groups is 1. The molecule has 1 unspecified atom stereocenters. The van der Waals surface area contributed by atoms with Gasteiger partial charge in [-0.2, -0.15) is 0 Å². The topological polar surface area (TPSA) is 20.2 Å². The van der Waals surface area contributed by atoms with Crippen molar-refractivity contribution in [3.05, 3.63) is 24.3 Å². The van der Waals surface area contributed by atoms with Crippen LogP contribution < -0.4 is 0 Å². The first kappa shape index (κ1) is 12.5. The predicted octanol–water partition coefficient (Wildman–Crippen LogP) is 3.84. The minimum atomic E-state index is 0.353. The average Bonchev–Trinajstić information content (AvgIpc) is 2.20. The minimum absolute atomic E-state index is 0.353. The number of hydrogen-bond acceptors (Lipinski definition) is 1. The second-order valence-electron chi connectivity index (χ2n) is 4.40. The van der Waals surface area contributed by atoms with Gasteiger partial charge in [0.2, 0.25) is 0 Å². The van der Waals surface area contributed by atoms with Crippen LogP contribution in [-0.2, 0) is 0 Å². The van der Waals surface area contributed by atoms with Gasteiger partial charge in [0.25, 0.3) is 0 Å². The molecule has 0 spiro atoms. The van der Waals surface area contributed by atoms with Gasteiger partial charge in [-0.15, -0.1) is 0 Å². The molecule has 0 fully saturated rings. The fourth-order valence-electron chi connectivity index (χ4n) is 2.03. The second kappa shape index (κ2) is 8.72. The average molecular weight is 208 g/mol. The van der Waals surface area contributed by atoms with E-state index in [1.54, 1.807) is 0 Å². The van der Waals surface area contributed by atoms with Gasteiger partial charge < -0.3 is 5.11 Å². The third-order valence-electron chi connectivity index (χ3n) is 3.00. The van der Waals surface area contributed by atoms with Crippen LogP contribution in [0.4, 0.5) is 0 Å². The van der Waals surface area contributed by atoms with Gasteiger partial charge in [0.1, 0.15) is 0 Å². The molecule has 1 rings (SSSR count). The fourth-order valence-corrected chi connectivity index (χ4v) is 2.03. The third kappa shape index (κ3) is 6.51. The molecule has 0 heterocycles. The number of rotatable bonds is 6. The van der Waals surface area contributed by atoms with E-state index in [9.17, 15) is 0 Å². The standard InChI is InChI=1S/C14H24O/c15-13-9-5-4-8-12-14-10-6-2-1-3-7-11-14/h2,6-7,11,14-15H,1,3-5,8-10,12-13H2/b6-2-,11-7-. The minimum Gasteiger partial charge on any atom is -0.396 e. The van der Waals surface area contributed by atoms with E-state index in [0.717, 1.165) is 12.3 Å². The Bertz CT molecular complexity index is 194. The van der Waals surface area contributed by atoms with Gasteiger partial charge in [-0.25, -0.2) is 0 Å². The number of unbranched alkanes of at least 4 members (excludes halogenated alkanes) is 3. The molecule has 1 heteroatoms. The Morgan fingerprint density at radius 2 is 1.73 bits per heavy atom. The van der Waals surface area contributed by atoms with E-state index in [0.29, 0.717) is 6.61 Å². The van der Waals surface area contributed by atoms with Crippen LogP contribution in [0.2, 0.25) is 0 Å². The maximum Gasteiger partial charge on any atom is 0.0431 e. The smallest absolute Gasteiger partial charge is 0.0431 e. The summed E-state index contributed by atoms with van der Waals surface area (Å²) in [4.78, 5) is 0. The Balaban J connectivity index is 2.08. The highest BCUT2D eigenvalue weighted by Crippen LogP contribution is 2.18.